The average Bonchev–Trinajstić information content (AvgIpc) is 3.51. The predicted octanol–water partition coefficient (Wildman–Crippen LogP) is -8.30. The van der Waals surface area contributed by atoms with Gasteiger partial charge in [-0.3, -0.25) is 13.9 Å². The molecule has 0 aromatic heterocycles. The molecule has 1 amide bonds. The molecule has 0 bridgehead atoms. The molecule has 0 aliphatic carbocycles. The molecule has 5 heterocycles. The van der Waals surface area contributed by atoms with Gasteiger partial charge in [0.2, 0.25) is 12.2 Å². The molecule has 5 aliphatic heterocycles. The fraction of sp³-hybridized carbons (Fsp3) is 0.857. The molecule has 4 saturated heterocycles. The van der Waals surface area contributed by atoms with Crippen LogP contribution in [-0.2, 0) is 81.4 Å². The molecule has 8 unspecified atom stereocenters. The second kappa shape index (κ2) is 18.8. The Morgan fingerprint density at radius 2 is 1.12 bits per heavy atom. The van der Waals surface area contributed by atoms with Gasteiger partial charge in [0.1, 0.15) is 85.3 Å². The normalized spacial score (nSPS) is 43.6. The van der Waals surface area contributed by atoms with Gasteiger partial charge < -0.3 is 89.2 Å². The van der Waals surface area contributed by atoms with E-state index in [0.29, 0.717) is 0 Å². The summed E-state index contributed by atoms with van der Waals surface area (Å²) >= 11 is 0. The Bertz CT molecular complexity index is 1820. The molecule has 0 aromatic rings. The van der Waals surface area contributed by atoms with Gasteiger partial charge in [-0.15, -0.1) is 0 Å². The molecule has 5 aliphatic rings. The number of nitrogens with zero attached hydrogens (tertiary/aromatic N) is 1. The largest absolute Gasteiger partial charge is 0.479 e. The summed E-state index contributed by atoms with van der Waals surface area (Å²) < 4.78 is 116. The van der Waals surface area contributed by atoms with Gasteiger partial charge in [-0.1, -0.05) is 0 Å². The van der Waals surface area contributed by atoms with Crippen molar-refractivity contribution in [2.75, 3.05) is 13.2 Å². The smallest absolute Gasteiger partial charge is 0.397 e. The first-order valence-corrected chi connectivity index (χ1v) is 20.0. The zero-order chi connectivity index (χ0) is 44.8. The second-order valence-corrected chi connectivity index (χ2v) is 15.9. The first kappa shape index (κ1) is 48.1. The van der Waals surface area contributed by atoms with E-state index in [0.717, 1.165) is 6.92 Å². The van der Waals surface area contributed by atoms with Crippen LogP contribution in [0.2, 0.25) is 0 Å². The maximum absolute atomic E-state index is 12.6. The maximum Gasteiger partial charge on any atom is 0.397 e. The zero-order valence-electron chi connectivity index (χ0n) is 30.6. The van der Waals surface area contributed by atoms with Gasteiger partial charge in [0.05, 0.1) is 13.2 Å². The molecule has 4 fully saturated rings. The third-order valence-corrected chi connectivity index (χ3v) is 10.4. The number of carboxylic acid groups (broad SMARTS) is 2. The number of fused-ring (bicyclic) bond motifs is 1. The summed E-state index contributed by atoms with van der Waals surface area (Å²) in [5.41, 5.74) is 0. The lowest BCUT2D eigenvalue weighted by atomic mass is 9.94. The van der Waals surface area contributed by atoms with E-state index < -0.39 is 175 Å². The molecular weight excluding hydrogens is 876 g/mol. The van der Waals surface area contributed by atoms with Crippen LogP contribution in [0.5, 0.6) is 0 Å². The van der Waals surface area contributed by atoms with Crippen molar-refractivity contribution >= 4 is 44.5 Å². The summed E-state index contributed by atoms with van der Waals surface area (Å²) in [6, 6.07) is -3.27. The molecule has 12 N–H and O–H groups in total. The van der Waals surface area contributed by atoms with Crippen LogP contribution in [0.3, 0.4) is 0 Å². The van der Waals surface area contributed by atoms with Crippen LogP contribution in [0.1, 0.15) is 13.8 Å². The van der Waals surface area contributed by atoms with Crippen molar-refractivity contribution in [3.05, 3.63) is 0 Å². The molecule has 0 radical (unpaired) electrons. The quantitative estimate of drug-likeness (QED) is 0.0679. The van der Waals surface area contributed by atoms with E-state index >= 15 is 0 Å². The number of hydrogen-bond donors (Lipinski definition) is 12. The minimum absolute atomic E-state index is 0.0295. The number of amides is 1. The summed E-state index contributed by atoms with van der Waals surface area (Å²) in [6.45, 7) is -0.0769. The zero-order valence-corrected chi connectivity index (χ0v) is 32.2. The highest BCUT2D eigenvalue weighted by atomic mass is 32.3. The fourth-order valence-corrected chi connectivity index (χ4v) is 7.41. The lowest BCUT2D eigenvalue weighted by Crippen LogP contribution is -2.70. The van der Waals surface area contributed by atoms with Crippen molar-refractivity contribution in [1.82, 2.24) is 5.32 Å². The molecule has 30 nitrogen and oxygen atoms in total. The number of aliphatic carboxylic acids is 2. The van der Waals surface area contributed by atoms with E-state index in [-0.39, 0.29) is 5.90 Å². The van der Waals surface area contributed by atoms with E-state index in [9.17, 15) is 81.7 Å². The summed E-state index contributed by atoms with van der Waals surface area (Å²) in [5, 5.41) is 97.7. The Hall–Kier alpha value is -2.94. The third kappa shape index (κ3) is 11.0. The molecule has 0 spiro atoms. The van der Waals surface area contributed by atoms with Gasteiger partial charge in [-0.2, -0.15) is 16.8 Å². The molecule has 5 rings (SSSR count). The van der Waals surface area contributed by atoms with Crippen LogP contribution in [0.4, 0.5) is 0 Å². The Kier molecular flexibility index (Phi) is 15.1. The van der Waals surface area contributed by atoms with Gasteiger partial charge >= 0.3 is 32.7 Å². The number of carboxylic acids is 2. The fourth-order valence-electron chi connectivity index (χ4n) is 6.80. The molecule has 32 heteroatoms. The van der Waals surface area contributed by atoms with Crippen LogP contribution in [0.15, 0.2) is 4.99 Å². The molecule has 344 valence electrons. The van der Waals surface area contributed by atoms with Gasteiger partial charge in [-0.25, -0.2) is 22.9 Å². The number of carbonyl (C=O) groups is 3. The van der Waals surface area contributed by atoms with E-state index in [4.69, 9.17) is 42.4 Å². The second-order valence-electron chi connectivity index (χ2n) is 13.8. The SMILES string of the molecule is CC(=O)NC1[C@H](O[C@H]2C(C(=O)O)O[C@@H](O[C@@H]3C4N=C(C)O[C@@H]4OC(COS(=O)(=O)O)[C@@H]3O)C(O)[C@H]2O)OC(COS(=O)(=O)O)[C@H](O)[C@@H]1O[C@@H]1OC(C(=O)O)[C@H](O)[C@H](O)C1O. The Labute approximate surface area is 336 Å². The number of nitrogens with one attached hydrogen (secondary N) is 1. The minimum atomic E-state index is -5.29. The Morgan fingerprint density at radius 1 is 0.633 bits per heavy atom. The number of aliphatic hydroxyl groups is 7. The van der Waals surface area contributed by atoms with Crippen molar-refractivity contribution in [1.29, 1.82) is 0 Å². The molecule has 0 saturated carbocycles. The molecular formula is C28H42N2O28S2. The Balaban J connectivity index is 1.43. The highest BCUT2D eigenvalue weighted by Gasteiger charge is 2.58. The van der Waals surface area contributed by atoms with Gasteiger partial charge in [0.25, 0.3) is 0 Å². The van der Waals surface area contributed by atoms with Gasteiger partial charge in [0.15, 0.2) is 37.0 Å². The van der Waals surface area contributed by atoms with E-state index in [1.165, 1.54) is 6.92 Å². The molecule has 60 heavy (non-hydrogen) atoms. The van der Waals surface area contributed by atoms with Gasteiger partial charge in [-0.05, 0) is 0 Å². The van der Waals surface area contributed by atoms with E-state index in [2.05, 4.69) is 18.7 Å². The summed E-state index contributed by atoms with van der Waals surface area (Å²) in [6.07, 6.45) is -38.4. The van der Waals surface area contributed by atoms with Crippen molar-refractivity contribution in [3.63, 3.8) is 0 Å². The predicted molar refractivity (Wildman–Crippen MR) is 177 cm³/mol. The standard InChI is InChI=1S/C28H42N2O28S2/c1-5(31)29-9-18(54-27-16(37)13(34)14(35)21(57-27)23(39)40)11(32)8(4-50-60(46,47)48)53-26(9)56-20-15(36)17(38)28(58-22(20)24(41)42)55-19-10-25(51-6(2)30-10)52-7(12(19)33)3-49-59(43,44)45/h7-22,25-28,32-38H,3-4H2,1-2H3,(H,29,31)(H,39,40)(H,41,42)(H,43,44,45)(H,46,47,48)/t7?,8?,9?,10?,11-,12-,13-,14+,15+,16?,17?,18+,19+,20+,21?,22?,25+,26-,27+,28+/m0/s1. The van der Waals surface area contributed by atoms with Crippen LogP contribution >= 0.6 is 0 Å². The van der Waals surface area contributed by atoms with E-state index in [1.54, 1.807) is 0 Å². The lowest BCUT2D eigenvalue weighted by molar-refractivity contribution is -0.367. The molecule has 20 atom stereocenters. The Morgan fingerprint density at radius 3 is 1.65 bits per heavy atom. The number of aliphatic imine (C=N–C) groups is 1. The first-order valence-electron chi connectivity index (χ1n) is 17.3. The lowest BCUT2D eigenvalue weighted by Gasteiger charge is -2.49. The molecule has 0 aromatic carbocycles. The van der Waals surface area contributed by atoms with Gasteiger partial charge in [0, 0.05) is 13.8 Å². The van der Waals surface area contributed by atoms with Crippen LogP contribution < -0.4 is 5.32 Å². The van der Waals surface area contributed by atoms with E-state index in [1.807, 2.05) is 0 Å². The van der Waals surface area contributed by atoms with Crippen molar-refractivity contribution < 1.29 is 133 Å². The topological polar surface area (TPSA) is 459 Å². The summed E-state index contributed by atoms with van der Waals surface area (Å²) in [7, 11) is -10.4. The first-order chi connectivity index (χ1) is 27.8. The summed E-state index contributed by atoms with van der Waals surface area (Å²) in [5.74, 6) is -4.82. The summed E-state index contributed by atoms with van der Waals surface area (Å²) in [4.78, 5) is 40.9. The number of rotatable bonds is 15. The van der Waals surface area contributed by atoms with Crippen LogP contribution in [-0.4, -0.2) is 232 Å². The number of hydrogen-bond acceptors (Lipinski definition) is 25. The third-order valence-electron chi connectivity index (χ3n) is 9.54. The highest BCUT2D eigenvalue weighted by molar-refractivity contribution is 7.81. The van der Waals surface area contributed by atoms with Crippen molar-refractivity contribution in [2.45, 2.75) is 137 Å². The number of ether oxygens (including phenoxy) is 8. The highest BCUT2D eigenvalue weighted by Crippen LogP contribution is 2.36. The average molecular weight is 919 g/mol. The number of carbonyl (C=O) groups excluding carboxylic acids is 1. The van der Waals surface area contributed by atoms with Crippen LogP contribution in [0, 0.1) is 0 Å². The number of aliphatic hydroxyl groups excluding tert-OH is 7. The monoisotopic (exact) mass is 918 g/mol. The van der Waals surface area contributed by atoms with Crippen LogP contribution in [0.25, 0.3) is 0 Å². The van der Waals surface area contributed by atoms with Crippen molar-refractivity contribution in [3.8, 4) is 0 Å². The maximum atomic E-state index is 12.6. The van der Waals surface area contributed by atoms with Crippen molar-refractivity contribution in [2.24, 2.45) is 4.99 Å². The minimum Gasteiger partial charge on any atom is -0.479 e.